The van der Waals surface area contributed by atoms with Gasteiger partial charge in [0.1, 0.15) is 5.69 Å². The Hall–Kier alpha value is -2.14. The molecule has 3 rings (SSSR count). The van der Waals surface area contributed by atoms with Crippen LogP contribution in [0.1, 0.15) is 36.2 Å². The molecule has 2 aromatic rings. The predicted molar refractivity (Wildman–Crippen MR) is 91.8 cm³/mol. The van der Waals surface area contributed by atoms with Gasteiger partial charge in [0.2, 0.25) is 0 Å². The molecule has 0 unspecified atom stereocenters. The van der Waals surface area contributed by atoms with Crippen LogP contribution in [0.25, 0.3) is 10.9 Å². The van der Waals surface area contributed by atoms with Crippen molar-refractivity contribution in [3.8, 4) is 0 Å². The van der Waals surface area contributed by atoms with E-state index in [-0.39, 0.29) is 11.3 Å². The smallest absolute Gasteiger partial charge is 0.267 e. The van der Waals surface area contributed by atoms with Gasteiger partial charge < -0.3 is 15.2 Å². The second-order valence-corrected chi connectivity index (χ2v) is 6.10. The van der Waals surface area contributed by atoms with Crippen molar-refractivity contribution in [3.63, 3.8) is 0 Å². The maximum absolute atomic E-state index is 12.2. The van der Waals surface area contributed by atoms with Crippen molar-refractivity contribution < 1.29 is 4.79 Å². The van der Waals surface area contributed by atoms with E-state index in [1.807, 2.05) is 18.2 Å². The van der Waals surface area contributed by atoms with E-state index in [0.29, 0.717) is 23.1 Å². The SMILES string of the molecule is O=C(NCCCN1CCCCC1)c1cc(=O)c2ccccc2[nH]1. The number of rotatable bonds is 5. The molecule has 2 heterocycles. The number of H-pyrrole nitrogens is 1. The van der Waals surface area contributed by atoms with Crippen molar-refractivity contribution in [2.45, 2.75) is 25.7 Å². The van der Waals surface area contributed by atoms with Crippen LogP contribution in [0.15, 0.2) is 35.1 Å². The lowest BCUT2D eigenvalue weighted by atomic mass is 10.1. The van der Waals surface area contributed by atoms with Crippen molar-refractivity contribution >= 4 is 16.8 Å². The standard InChI is InChI=1S/C18H23N3O2/c22-17-13-16(20-15-8-3-2-7-14(15)17)18(23)19-9-6-12-21-10-4-1-5-11-21/h2-3,7-8,13H,1,4-6,9-12H2,(H,19,23)(H,20,22). The Morgan fingerprint density at radius 2 is 1.96 bits per heavy atom. The van der Waals surface area contributed by atoms with Crippen LogP contribution in [-0.2, 0) is 0 Å². The molecule has 0 bridgehead atoms. The molecule has 0 spiro atoms. The lowest BCUT2D eigenvalue weighted by molar-refractivity contribution is 0.0946. The van der Waals surface area contributed by atoms with Crippen LogP contribution in [0.2, 0.25) is 0 Å². The number of aromatic amines is 1. The first-order chi connectivity index (χ1) is 11.2. The third-order valence-corrected chi connectivity index (χ3v) is 4.37. The Balaban J connectivity index is 1.55. The Labute approximate surface area is 135 Å². The average Bonchev–Trinajstić information content (AvgIpc) is 2.59. The largest absolute Gasteiger partial charge is 0.351 e. The Bertz CT molecular complexity index is 732. The summed E-state index contributed by atoms with van der Waals surface area (Å²) in [6.45, 7) is 4.00. The Morgan fingerprint density at radius 1 is 1.17 bits per heavy atom. The molecule has 122 valence electrons. The number of para-hydroxylation sites is 1. The first kappa shape index (κ1) is 15.7. The number of pyridine rings is 1. The third-order valence-electron chi connectivity index (χ3n) is 4.37. The van der Waals surface area contributed by atoms with E-state index in [1.165, 1.54) is 38.4 Å². The number of carbonyl (C=O) groups excluding carboxylic acids is 1. The molecule has 0 aliphatic carbocycles. The van der Waals surface area contributed by atoms with Gasteiger partial charge in [0.15, 0.2) is 5.43 Å². The molecule has 5 nitrogen and oxygen atoms in total. The molecule has 1 aliphatic rings. The molecule has 0 atom stereocenters. The van der Waals surface area contributed by atoms with E-state index in [0.717, 1.165) is 13.0 Å². The van der Waals surface area contributed by atoms with Gasteiger partial charge in [0, 0.05) is 23.5 Å². The summed E-state index contributed by atoms with van der Waals surface area (Å²) in [5.74, 6) is -0.216. The molecule has 1 saturated heterocycles. The molecule has 1 aromatic heterocycles. The van der Waals surface area contributed by atoms with Crippen molar-refractivity contribution in [2.24, 2.45) is 0 Å². The van der Waals surface area contributed by atoms with Gasteiger partial charge in [0.25, 0.3) is 5.91 Å². The van der Waals surface area contributed by atoms with Gasteiger partial charge in [-0.3, -0.25) is 9.59 Å². The summed E-state index contributed by atoms with van der Waals surface area (Å²) in [4.78, 5) is 29.7. The van der Waals surface area contributed by atoms with Gasteiger partial charge in [-0.2, -0.15) is 0 Å². The summed E-state index contributed by atoms with van der Waals surface area (Å²) in [5, 5.41) is 3.50. The second kappa shape index (κ2) is 7.42. The van der Waals surface area contributed by atoms with Crippen LogP contribution in [-0.4, -0.2) is 42.0 Å². The Morgan fingerprint density at radius 3 is 2.78 bits per heavy atom. The maximum atomic E-state index is 12.2. The van der Waals surface area contributed by atoms with Crippen molar-refractivity contribution in [2.75, 3.05) is 26.2 Å². The molecular formula is C18H23N3O2. The molecule has 5 heteroatoms. The summed E-state index contributed by atoms with van der Waals surface area (Å²) in [6, 6.07) is 8.61. The first-order valence-corrected chi connectivity index (χ1v) is 8.37. The number of benzene rings is 1. The lowest BCUT2D eigenvalue weighted by Gasteiger charge is -2.26. The highest BCUT2D eigenvalue weighted by Gasteiger charge is 2.11. The van der Waals surface area contributed by atoms with Crippen LogP contribution >= 0.6 is 0 Å². The number of hydrogen-bond acceptors (Lipinski definition) is 3. The average molecular weight is 313 g/mol. The minimum Gasteiger partial charge on any atom is -0.351 e. The normalized spacial score (nSPS) is 15.7. The minimum atomic E-state index is -0.216. The van der Waals surface area contributed by atoms with Gasteiger partial charge in [0.05, 0.1) is 0 Å². The number of piperidine rings is 1. The van der Waals surface area contributed by atoms with E-state index >= 15 is 0 Å². The van der Waals surface area contributed by atoms with Crippen LogP contribution in [0, 0.1) is 0 Å². The molecule has 2 N–H and O–H groups in total. The number of amides is 1. The van der Waals surface area contributed by atoms with Crippen LogP contribution in [0.5, 0.6) is 0 Å². The number of nitrogens with zero attached hydrogens (tertiary/aromatic N) is 1. The number of aromatic nitrogens is 1. The first-order valence-electron chi connectivity index (χ1n) is 8.37. The molecule has 1 aliphatic heterocycles. The highest BCUT2D eigenvalue weighted by atomic mass is 16.2. The zero-order valence-corrected chi connectivity index (χ0v) is 13.3. The molecule has 1 amide bonds. The van der Waals surface area contributed by atoms with E-state index in [4.69, 9.17) is 0 Å². The summed E-state index contributed by atoms with van der Waals surface area (Å²) < 4.78 is 0. The zero-order chi connectivity index (χ0) is 16.1. The zero-order valence-electron chi connectivity index (χ0n) is 13.3. The monoisotopic (exact) mass is 313 g/mol. The van der Waals surface area contributed by atoms with E-state index in [2.05, 4.69) is 15.2 Å². The molecular weight excluding hydrogens is 290 g/mol. The molecule has 1 aromatic carbocycles. The van der Waals surface area contributed by atoms with Crippen LogP contribution < -0.4 is 10.7 Å². The van der Waals surface area contributed by atoms with Gasteiger partial charge in [-0.15, -0.1) is 0 Å². The maximum Gasteiger partial charge on any atom is 0.267 e. The van der Waals surface area contributed by atoms with Crippen molar-refractivity contribution in [1.82, 2.24) is 15.2 Å². The van der Waals surface area contributed by atoms with Crippen molar-refractivity contribution in [1.29, 1.82) is 0 Å². The molecule has 1 fully saturated rings. The summed E-state index contributed by atoms with van der Waals surface area (Å²) in [6.07, 6.45) is 4.83. The lowest BCUT2D eigenvalue weighted by Crippen LogP contribution is -2.33. The fourth-order valence-corrected chi connectivity index (χ4v) is 3.10. The van der Waals surface area contributed by atoms with Crippen LogP contribution in [0.3, 0.4) is 0 Å². The number of fused-ring (bicyclic) bond motifs is 1. The van der Waals surface area contributed by atoms with E-state index < -0.39 is 0 Å². The molecule has 0 radical (unpaired) electrons. The highest BCUT2D eigenvalue weighted by molar-refractivity contribution is 5.94. The van der Waals surface area contributed by atoms with Gasteiger partial charge in [-0.25, -0.2) is 0 Å². The van der Waals surface area contributed by atoms with Gasteiger partial charge in [-0.05, 0) is 51.0 Å². The number of likely N-dealkylation sites (tertiary alicyclic amines) is 1. The second-order valence-electron chi connectivity index (χ2n) is 6.10. The van der Waals surface area contributed by atoms with E-state index in [9.17, 15) is 9.59 Å². The quantitative estimate of drug-likeness (QED) is 0.831. The fraction of sp³-hybridized carbons (Fsp3) is 0.444. The summed E-state index contributed by atoms with van der Waals surface area (Å²) in [7, 11) is 0. The van der Waals surface area contributed by atoms with E-state index in [1.54, 1.807) is 6.07 Å². The number of hydrogen-bond donors (Lipinski definition) is 2. The van der Waals surface area contributed by atoms with Gasteiger partial charge in [-0.1, -0.05) is 18.6 Å². The minimum absolute atomic E-state index is 0.127. The Kier molecular flexibility index (Phi) is 5.08. The fourth-order valence-electron chi connectivity index (χ4n) is 3.10. The number of carbonyl (C=O) groups is 1. The van der Waals surface area contributed by atoms with Gasteiger partial charge >= 0.3 is 0 Å². The third kappa shape index (κ3) is 3.99. The highest BCUT2D eigenvalue weighted by Crippen LogP contribution is 2.09. The van der Waals surface area contributed by atoms with Crippen LogP contribution in [0.4, 0.5) is 0 Å². The number of nitrogens with one attached hydrogen (secondary N) is 2. The van der Waals surface area contributed by atoms with Crippen molar-refractivity contribution in [3.05, 3.63) is 46.2 Å². The predicted octanol–water partition coefficient (Wildman–Crippen LogP) is 2.13. The summed E-state index contributed by atoms with van der Waals surface area (Å²) in [5.41, 5.74) is 0.892. The summed E-state index contributed by atoms with van der Waals surface area (Å²) >= 11 is 0. The molecule has 0 saturated carbocycles. The topological polar surface area (TPSA) is 65.2 Å². The molecule has 23 heavy (non-hydrogen) atoms.